The van der Waals surface area contributed by atoms with Gasteiger partial charge in [0, 0.05) is 36.6 Å². The molecule has 25 heavy (non-hydrogen) atoms. The van der Waals surface area contributed by atoms with Gasteiger partial charge in [0.1, 0.15) is 0 Å². The lowest BCUT2D eigenvalue weighted by Gasteiger charge is -2.40. The molecule has 0 saturated carbocycles. The lowest BCUT2D eigenvalue weighted by atomic mass is 10.3. The van der Waals surface area contributed by atoms with Crippen LogP contribution >= 0.6 is 0 Å². The quantitative estimate of drug-likeness (QED) is 0.362. The maximum absolute atomic E-state index is 8.52. The molecule has 2 saturated heterocycles. The van der Waals surface area contributed by atoms with Crippen LogP contribution in [-0.4, -0.2) is 130 Å². The number of piperazine rings is 2. The molecule has 0 aromatic carbocycles. The average Bonchev–Trinajstić information content (AvgIpc) is 2.53. The number of rotatable bonds is 2. The van der Waals surface area contributed by atoms with Gasteiger partial charge in [0.05, 0.1) is 53.4 Å². The van der Waals surface area contributed by atoms with E-state index in [1.807, 2.05) is 0 Å². The van der Waals surface area contributed by atoms with Crippen LogP contribution in [-0.2, 0) is 10.4 Å². The van der Waals surface area contributed by atoms with Crippen LogP contribution < -0.4 is 0 Å². The number of likely N-dealkylation sites (N-methyl/N-ethyl adjacent to an activating group) is 4. The van der Waals surface area contributed by atoms with E-state index in [1.54, 1.807) is 0 Å². The highest BCUT2D eigenvalue weighted by Gasteiger charge is 2.25. The summed E-state index contributed by atoms with van der Waals surface area (Å²) in [5, 5.41) is 0. The molecule has 0 radical (unpaired) electrons. The minimum absolute atomic E-state index is 1.27. The molecule has 0 bridgehead atoms. The normalized spacial score (nSPS) is 23.7. The number of quaternary nitrogens is 2. The van der Waals surface area contributed by atoms with E-state index in [0.717, 1.165) is 0 Å². The van der Waals surface area contributed by atoms with Gasteiger partial charge in [0.2, 0.25) is 0 Å². The molecule has 0 aliphatic carbocycles. The van der Waals surface area contributed by atoms with Crippen molar-refractivity contribution in [2.75, 3.05) is 93.6 Å². The Bertz CT molecular complexity index is 421. The van der Waals surface area contributed by atoms with E-state index >= 15 is 0 Å². The van der Waals surface area contributed by atoms with Crippen LogP contribution in [0.2, 0.25) is 0 Å². The van der Waals surface area contributed by atoms with Crippen molar-refractivity contribution in [3.05, 3.63) is 0 Å². The summed E-state index contributed by atoms with van der Waals surface area (Å²) >= 11 is 0. The largest absolute Gasteiger partial charge is 0.759 e. The third-order valence-electron chi connectivity index (χ3n) is 5.61. The molecule has 2 aliphatic rings. The SMILES string of the molecule is CC[N+]1(C)CCN(C)CC1.CC[N+]1(C)CCN(C)CC1.O=S(=O)([O-])[O-]. The smallest absolute Gasteiger partial charge is 0.0914 e. The van der Waals surface area contributed by atoms with Crippen LogP contribution in [0.3, 0.4) is 0 Å². The minimum atomic E-state index is -5.17. The van der Waals surface area contributed by atoms with Crippen molar-refractivity contribution in [3.63, 3.8) is 0 Å². The zero-order chi connectivity index (χ0) is 19.7. The molecule has 2 heterocycles. The zero-order valence-electron chi connectivity index (χ0n) is 16.9. The molecule has 0 amide bonds. The van der Waals surface area contributed by atoms with Crippen molar-refractivity contribution in [2.24, 2.45) is 0 Å². The first-order chi connectivity index (χ1) is 11.3. The fourth-order valence-corrected chi connectivity index (χ4v) is 2.73. The highest BCUT2D eigenvalue weighted by atomic mass is 32.3. The zero-order valence-corrected chi connectivity index (χ0v) is 17.7. The molecule has 152 valence electrons. The Balaban J connectivity index is 0.000000368. The summed E-state index contributed by atoms with van der Waals surface area (Å²) in [4.78, 5) is 4.82. The van der Waals surface area contributed by atoms with Gasteiger partial charge in [-0.3, -0.25) is 18.2 Å². The summed E-state index contributed by atoms with van der Waals surface area (Å²) in [5.41, 5.74) is 0. The van der Waals surface area contributed by atoms with Gasteiger partial charge in [-0.1, -0.05) is 0 Å². The molecular weight excluding hydrogens is 344 g/mol. The van der Waals surface area contributed by atoms with Crippen LogP contribution in [0.1, 0.15) is 13.8 Å². The second-order valence-corrected chi connectivity index (χ2v) is 8.60. The van der Waals surface area contributed by atoms with E-state index in [9.17, 15) is 0 Å². The van der Waals surface area contributed by atoms with Gasteiger partial charge in [0.25, 0.3) is 0 Å². The topological polar surface area (TPSA) is 86.7 Å². The minimum Gasteiger partial charge on any atom is -0.759 e. The van der Waals surface area contributed by atoms with E-state index in [1.165, 1.54) is 74.4 Å². The summed E-state index contributed by atoms with van der Waals surface area (Å²) in [6.07, 6.45) is 0. The first-order valence-electron chi connectivity index (χ1n) is 9.03. The van der Waals surface area contributed by atoms with Crippen LogP contribution in [0.5, 0.6) is 0 Å². The summed E-state index contributed by atoms with van der Waals surface area (Å²) in [6, 6.07) is 0. The second-order valence-electron chi connectivity index (χ2n) is 7.78. The first-order valence-corrected chi connectivity index (χ1v) is 10.4. The van der Waals surface area contributed by atoms with Crippen molar-refractivity contribution >= 4 is 10.4 Å². The predicted octanol–water partition coefficient (Wildman–Crippen LogP) is -0.541. The van der Waals surface area contributed by atoms with Crippen molar-refractivity contribution in [3.8, 4) is 0 Å². The Morgan fingerprint density at radius 3 is 1.12 bits per heavy atom. The molecule has 0 spiro atoms. The number of hydrogen-bond donors (Lipinski definition) is 0. The van der Waals surface area contributed by atoms with Gasteiger partial charge in [-0.05, 0) is 27.9 Å². The van der Waals surface area contributed by atoms with Crippen LogP contribution in [0, 0.1) is 0 Å². The van der Waals surface area contributed by atoms with Crippen molar-refractivity contribution in [1.29, 1.82) is 0 Å². The fraction of sp³-hybridized carbons (Fsp3) is 1.00. The Morgan fingerprint density at radius 1 is 0.760 bits per heavy atom. The van der Waals surface area contributed by atoms with Crippen LogP contribution in [0.4, 0.5) is 0 Å². The van der Waals surface area contributed by atoms with Crippen LogP contribution in [0.15, 0.2) is 0 Å². The molecular formula is C16H38N4O4S. The maximum atomic E-state index is 8.52. The Morgan fingerprint density at radius 2 is 0.960 bits per heavy atom. The molecule has 8 nitrogen and oxygen atoms in total. The molecule has 0 aromatic rings. The Labute approximate surface area is 154 Å². The van der Waals surface area contributed by atoms with Gasteiger partial charge in [-0.15, -0.1) is 0 Å². The molecule has 9 heteroatoms. The van der Waals surface area contributed by atoms with E-state index in [0.29, 0.717) is 0 Å². The summed E-state index contributed by atoms with van der Waals surface area (Å²) in [6.45, 7) is 17.5. The van der Waals surface area contributed by atoms with Crippen molar-refractivity contribution < 1.29 is 26.5 Å². The first kappa shape index (κ1) is 24.7. The summed E-state index contributed by atoms with van der Waals surface area (Å²) < 4.78 is 36.6. The Kier molecular flexibility index (Phi) is 10.6. The highest BCUT2D eigenvalue weighted by molar-refractivity contribution is 7.79. The lowest BCUT2D eigenvalue weighted by molar-refractivity contribution is -0.911. The highest BCUT2D eigenvalue weighted by Crippen LogP contribution is 2.07. The van der Waals surface area contributed by atoms with Gasteiger partial charge >= 0.3 is 0 Å². The van der Waals surface area contributed by atoms with Gasteiger partial charge in [-0.25, -0.2) is 0 Å². The average molecular weight is 383 g/mol. The molecule has 0 atom stereocenters. The van der Waals surface area contributed by atoms with E-state index in [2.05, 4.69) is 51.8 Å². The van der Waals surface area contributed by atoms with E-state index in [4.69, 9.17) is 17.5 Å². The predicted molar refractivity (Wildman–Crippen MR) is 98.4 cm³/mol. The Hall–Kier alpha value is -0.290. The third kappa shape index (κ3) is 12.7. The fourth-order valence-electron chi connectivity index (χ4n) is 2.73. The van der Waals surface area contributed by atoms with Crippen molar-refractivity contribution in [2.45, 2.75) is 13.8 Å². The van der Waals surface area contributed by atoms with Crippen molar-refractivity contribution in [1.82, 2.24) is 9.80 Å². The summed E-state index contributed by atoms with van der Waals surface area (Å²) in [5.74, 6) is 0. The van der Waals surface area contributed by atoms with E-state index in [-0.39, 0.29) is 0 Å². The second kappa shape index (κ2) is 10.8. The molecule has 0 N–H and O–H groups in total. The molecule has 2 rings (SSSR count). The molecule has 0 aromatic heterocycles. The van der Waals surface area contributed by atoms with Gasteiger partial charge in [0.15, 0.2) is 0 Å². The summed E-state index contributed by atoms with van der Waals surface area (Å²) in [7, 11) is 3.96. The van der Waals surface area contributed by atoms with Crippen LogP contribution in [0.25, 0.3) is 0 Å². The number of nitrogens with zero attached hydrogens (tertiary/aromatic N) is 4. The monoisotopic (exact) mass is 382 g/mol. The lowest BCUT2D eigenvalue weighted by Crippen LogP contribution is -2.56. The number of hydrogen-bond acceptors (Lipinski definition) is 6. The molecule has 2 aliphatic heterocycles. The van der Waals surface area contributed by atoms with Gasteiger partial charge in [-0.2, -0.15) is 0 Å². The van der Waals surface area contributed by atoms with Gasteiger partial charge < -0.3 is 18.1 Å². The maximum Gasteiger partial charge on any atom is 0.0914 e. The van der Waals surface area contributed by atoms with E-state index < -0.39 is 10.4 Å². The third-order valence-corrected chi connectivity index (χ3v) is 5.61. The molecule has 2 fully saturated rings. The molecule has 0 unspecified atom stereocenters. The standard InChI is InChI=1S/2C8H19N2.H2O4S/c2*1-4-10(3)7-5-9(2)6-8-10;1-5(2,3)4/h2*4-8H2,1-3H3;(H2,1,2,3,4)/q2*+1;/p-2.